The van der Waals surface area contributed by atoms with Crippen molar-refractivity contribution >= 4 is 18.7 Å². The minimum absolute atomic E-state index is 0. The molecule has 0 aromatic carbocycles. The summed E-state index contributed by atoms with van der Waals surface area (Å²) in [5.74, 6) is 0.506. The molecule has 0 saturated carbocycles. The van der Waals surface area contributed by atoms with Crippen molar-refractivity contribution in [2.75, 3.05) is 20.2 Å². The largest absolute Gasteiger partial charge is 0.675 e. The second kappa shape index (κ2) is 11.6. The number of methoxy groups -OCH3 is 1. The minimum Gasteiger partial charge on any atom is -0.675 e. The Morgan fingerprint density at radius 2 is 1.93 bits per heavy atom. The number of likely N-dealkylation sites (tertiary alicyclic amines) is 1. The molecule has 0 N–H and O–H groups in total. The summed E-state index contributed by atoms with van der Waals surface area (Å²) in [7, 11) is 1.37. The Labute approximate surface area is 200 Å². The van der Waals surface area contributed by atoms with E-state index in [9.17, 15) is 4.79 Å². The first-order valence-corrected chi connectivity index (χ1v) is 9.47. The number of hydrogen-bond donors (Lipinski definition) is 1. The van der Waals surface area contributed by atoms with Crippen molar-refractivity contribution in [2.24, 2.45) is 0 Å². The van der Waals surface area contributed by atoms with Crippen molar-refractivity contribution < 1.29 is 52.0 Å². The quantitative estimate of drug-likeness (QED) is 0.190. The van der Waals surface area contributed by atoms with Crippen molar-refractivity contribution in [3.8, 4) is 0 Å². The van der Waals surface area contributed by atoms with Crippen molar-refractivity contribution in [3.05, 3.63) is 41.6 Å². The molecule has 1 aliphatic heterocycles. The normalized spacial score (nSPS) is 15.8. The number of nitrogens with zero attached hydrogens (tertiary/aromatic N) is 2. The van der Waals surface area contributed by atoms with Crippen LogP contribution in [0.5, 0.6) is 0 Å². The fraction of sp³-hybridized carbons (Fsp3) is 0.650. The molecule has 1 radical (unpaired) electrons. The van der Waals surface area contributed by atoms with Crippen LogP contribution >= 0.6 is 12.6 Å². The molecule has 1 saturated heterocycles. The third-order valence-electron chi connectivity index (χ3n) is 4.62. The molecule has 0 aromatic rings. The average Bonchev–Trinajstić information content (AvgIpc) is 2.51. The molecule has 27 heavy (non-hydrogen) atoms. The van der Waals surface area contributed by atoms with Crippen LogP contribution in [-0.4, -0.2) is 47.6 Å². The second-order valence-electron chi connectivity index (χ2n) is 7.54. The van der Waals surface area contributed by atoms with E-state index in [1.54, 1.807) is 4.90 Å². The van der Waals surface area contributed by atoms with E-state index in [2.05, 4.69) is 32.2 Å². The van der Waals surface area contributed by atoms with Crippen molar-refractivity contribution in [3.63, 3.8) is 0 Å². The van der Waals surface area contributed by atoms with E-state index in [1.807, 2.05) is 39.8 Å². The Hall–Kier alpha value is -0.300. The van der Waals surface area contributed by atoms with Gasteiger partial charge in [-0.2, -0.15) is 12.6 Å². The monoisotopic (exact) mass is 546 g/mol. The third-order valence-corrected chi connectivity index (χ3v) is 5.17. The first-order valence-electron chi connectivity index (χ1n) is 9.02. The van der Waals surface area contributed by atoms with E-state index < -0.39 is 5.54 Å². The van der Waals surface area contributed by atoms with Crippen LogP contribution in [0.1, 0.15) is 47.5 Å². The Morgan fingerprint density at radius 1 is 1.33 bits per heavy atom. The maximum Gasteiger partial charge on any atom is 0.409 e. The van der Waals surface area contributed by atoms with Gasteiger partial charge in [-0.05, 0) is 11.2 Å². The van der Waals surface area contributed by atoms with Gasteiger partial charge in [-0.3, -0.25) is 0 Å². The van der Waals surface area contributed by atoms with Crippen LogP contribution in [-0.2, 0) is 9.47 Å². The smallest absolute Gasteiger partial charge is 0.409 e. The number of rotatable bonds is 9. The second-order valence-corrected chi connectivity index (χ2v) is 8.65. The molecular weight excluding hydrogens is 513 g/mol. The van der Waals surface area contributed by atoms with Crippen LogP contribution in [0.3, 0.4) is 0 Å². The van der Waals surface area contributed by atoms with E-state index in [0.717, 1.165) is 12.8 Å². The standard InChI is InChI=1S/C20H33N2O3S.Ho/c1-8-9-10-11-12-17(21-19(3,4)20(5,6)26)15(2)25-16-13-22(14-16)18(23)24-7;/h10-12,16,26H,2,8-9,13-14H2,1,3-7H3;/q-1;/b11-10-,17-12+;. The summed E-state index contributed by atoms with van der Waals surface area (Å²) in [4.78, 5) is 13.0. The number of amides is 1. The molecule has 5 nitrogen and oxygen atoms in total. The molecule has 0 spiro atoms. The Morgan fingerprint density at radius 3 is 2.41 bits per heavy atom. The zero-order chi connectivity index (χ0) is 20.0. The summed E-state index contributed by atoms with van der Waals surface area (Å²) < 4.78 is 10.3. The molecule has 7 heteroatoms. The number of ether oxygens (including phenoxy) is 2. The first-order chi connectivity index (χ1) is 12.0. The topological polar surface area (TPSA) is 52.9 Å². The molecule has 1 amide bonds. The van der Waals surface area contributed by atoms with Gasteiger partial charge in [0, 0.05) is 37.7 Å². The molecule has 1 heterocycles. The van der Waals surface area contributed by atoms with Crippen molar-refractivity contribution in [1.29, 1.82) is 0 Å². The van der Waals surface area contributed by atoms with Crippen LogP contribution in [0.2, 0.25) is 0 Å². The fourth-order valence-electron chi connectivity index (χ4n) is 2.10. The van der Waals surface area contributed by atoms with Gasteiger partial charge in [0.2, 0.25) is 0 Å². The molecule has 1 fully saturated rings. The summed E-state index contributed by atoms with van der Waals surface area (Å²) in [5, 5.41) is 4.86. The summed E-state index contributed by atoms with van der Waals surface area (Å²) in [6, 6.07) is 0. The Balaban J connectivity index is 0.00000676. The van der Waals surface area contributed by atoms with E-state index >= 15 is 0 Å². The van der Waals surface area contributed by atoms with Gasteiger partial charge >= 0.3 is 6.09 Å². The number of hydrogen-bond acceptors (Lipinski definition) is 4. The van der Waals surface area contributed by atoms with E-state index in [0.29, 0.717) is 24.5 Å². The number of allylic oxidation sites excluding steroid dienone is 3. The SMILES string of the molecule is C=C(OC1CN(C(=O)OC)C1)/C(=C\C=C/CCC)[N-]C(C)(C)C(C)(C)S.[Ho]. The zero-order valence-corrected chi connectivity index (χ0v) is 20.0. The van der Waals surface area contributed by atoms with Gasteiger partial charge in [-0.15, -0.1) is 0 Å². The summed E-state index contributed by atoms with van der Waals surface area (Å²) in [6.45, 7) is 15.3. The minimum atomic E-state index is -0.412. The van der Waals surface area contributed by atoms with Crippen LogP contribution < -0.4 is 0 Å². The summed E-state index contributed by atoms with van der Waals surface area (Å²) in [5.41, 5.74) is 0.283. The zero-order valence-electron chi connectivity index (χ0n) is 17.2. The molecule has 0 unspecified atom stereocenters. The van der Waals surface area contributed by atoms with Crippen molar-refractivity contribution in [2.45, 2.75) is 63.9 Å². The van der Waals surface area contributed by atoms with Gasteiger partial charge in [-0.1, -0.05) is 77.1 Å². The molecule has 1 aliphatic rings. The molecular formula is C20H33HoN2O3S-. The average molecular weight is 546 g/mol. The number of unbranched alkanes of at least 4 members (excludes halogenated alkanes) is 1. The number of carbonyl (C=O) groups excluding carboxylic acids is 1. The van der Waals surface area contributed by atoms with Crippen LogP contribution in [0.25, 0.3) is 5.32 Å². The van der Waals surface area contributed by atoms with Crippen LogP contribution in [0.15, 0.2) is 36.3 Å². The van der Waals surface area contributed by atoms with Crippen LogP contribution in [0.4, 0.5) is 4.79 Å². The van der Waals surface area contributed by atoms with Gasteiger partial charge in [-0.25, -0.2) is 4.79 Å². The molecule has 0 atom stereocenters. The maximum atomic E-state index is 11.4. The predicted octanol–water partition coefficient (Wildman–Crippen LogP) is 5.07. The molecule has 0 bridgehead atoms. The molecule has 159 valence electrons. The van der Waals surface area contributed by atoms with Crippen molar-refractivity contribution in [1.82, 2.24) is 4.90 Å². The third kappa shape index (κ3) is 8.30. The molecule has 0 aliphatic carbocycles. The predicted molar refractivity (Wildman–Crippen MR) is 111 cm³/mol. The first kappa shape index (κ1) is 26.7. The molecule has 1 rings (SSSR count). The van der Waals surface area contributed by atoms with E-state index in [1.165, 1.54) is 7.11 Å². The van der Waals surface area contributed by atoms with Gasteiger partial charge < -0.3 is 19.7 Å². The summed E-state index contributed by atoms with van der Waals surface area (Å²) >= 11 is 4.68. The Kier molecular flexibility index (Phi) is 11.5. The van der Waals surface area contributed by atoms with Crippen LogP contribution in [0, 0.1) is 37.7 Å². The summed E-state index contributed by atoms with van der Waals surface area (Å²) in [6.07, 6.45) is 7.69. The van der Waals surface area contributed by atoms with Gasteiger partial charge in [0.15, 0.2) is 0 Å². The Bertz CT molecular complexity index is 562. The van der Waals surface area contributed by atoms with Gasteiger partial charge in [0.1, 0.15) is 6.10 Å². The fourth-order valence-corrected chi connectivity index (χ4v) is 2.15. The van der Waals surface area contributed by atoms with Gasteiger partial charge in [0.25, 0.3) is 0 Å². The van der Waals surface area contributed by atoms with Gasteiger partial charge in [0.05, 0.1) is 26.0 Å². The number of carbonyl (C=O) groups is 1. The molecule has 0 aromatic heterocycles. The van der Waals surface area contributed by atoms with E-state index in [4.69, 9.17) is 14.8 Å². The van der Waals surface area contributed by atoms with E-state index in [-0.39, 0.29) is 54.7 Å². The number of thiol groups is 1. The maximum absolute atomic E-state index is 11.4.